The Balaban J connectivity index is 1.85. The van der Waals surface area contributed by atoms with Crippen molar-refractivity contribution >= 4 is 22.5 Å². The minimum absolute atomic E-state index is 0.0274. The standard InChI is InChI=1S/C14H12F3N3O/c15-14(16,17)10-6-8-20(13(10)21)19-12-5-7-18-11-4-2-1-3-9(11)12/h1-5,7,10H,6,8H2,(H,18,19). The summed E-state index contributed by atoms with van der Waals surface area (Å²) < 4.78 is 38.1. The molecule has 21 heavy (non-hydrogen) atoms. The van der Waals surface area contributed by atoms with Crippen molar-refractivity contribution in [3.8, 4) is 0 Å². The number of hydrazine groups is 1. The Bertz CT molecular complexity index is 681. The molecule has 1 aliphatic heterocycles. The number of nitrogens with one attached hydrogen (secondary N) is 1. The van der Waals surface area contributed by atoms with Crippen molar-refractivity contribution in [2.24, 2.45) is 5.92 Å². The number of carbonyl (C=O) groups is 1. The molecule has 1 aromatic heterocycles. The van der Waals surface area contributed by atoms with Crippen LogP contribution >= 0.6 is 0 Å². The van der Waals surface area contributed by atoms with E-state index in [4.69, 9.17) is 0 Å². The smallest absolute Gasteiger partial charge is 0.295 e. The topological polar surface area (TPSA) is 45.2 Å². The number of fused-ring (bicyclic) bond motifs is 1. The quantitative estimate of drug-likeness (QED) is 0.926. The van der Waals surface area contributed by atoms with Gasteiger partial charge in [-0.3, -0.25) is 20.2 Å². The number of amides is 1. The van der Waals surface area contributed by atoms with Crippen molar-refractivity contribution in [2.75, 3.05) is 12.0 Å². The minimum Gasteiger partial charge on any atom is -0.295 e. The summed E-state index contributed by atoms with van der Waals surface area (Å²) in [6.07, 6.45) is -3.17. The van der Waals surface area contributed by atoms with Crippen molar-refractivity contribution in [1.29, 1.82) is 0 Å². The van der Waals surface area contributed by atoms with Crippen LogP contribution in [0.4, 0.5) is 18.9 Å². The fourth-order valence-corrected chi connectivity index (χ4v) is 2.43. The van der Waals surface area contributed by atoms with Gasteiger partial charge in [0.15, 0.2) is 0 Å². The lowest BCUT2D eigenvalue weighted by atomic mass is 10.1. The van der Waals surface area contributed by atoms with Crippen LogP contribution < -0.4 is 5.43 Å². The number of hydrogen-bond donors (Lipinski definition) is 1. The highest BCUT2D eigenvalue weighted by Gasteiger charge is 2.50. The highest BCUT2D eigenvalue weighted by Crippen LogP contribution is 2.35. The number of para-hydroxylation sites is 1. The number of carbonyl (C=O) groups excluding carboxylic acids is 1. The van der Waals surface area contributed by atoms with Crippen LogP contribution in [0.15, 0.2) is 36.5 Å². The summed E-state index contributed by atoms with van der Waals surface area (Å²) in [4.78, 5) is 16.0. The van der Waals surface area contributed by atoms with Crippen LogP contribution in [0, 0.1) is 5.92 Å². The molecule has 7 heteroatoms. The molecular formula is C14H12F3N3O. The second kappa shape index (κ2) is 4.91. The third-order valence-electron chi connectivity index (χ3n) is 3.51. The van der Waals surface area contributed by atoms with E-state index < -0.39 is 18.0 Å². The van der Waals surface area contributed by atoms with Crippen molar-refractivity contribution in [3.63, 3.8) is 0 Å². The summed E-state index contributed by atoms with van der Waals surface area (Å²) in [7, 11) is 0. The van der Waals surface area contributed by atoms with E-state index in [1.807, 2.05) is 6.07 Å². The zero-order chi connectivity index (χ0) is 15.0. The van der Waals surface area contributed by atoms with E-state index in [0.29, 0.717) is 11.2 Å². The minimum atomic E-state index is -4.49. The third-order valence-corrected chi connectivity index (χ3v) is 3.51. The molecule has 4 nitrogen and oxygen atoms in total. The number of halogens is 3. The van der Waals surface area contributed by atoms with Gasteiger partial charge in [0.2, 0.25) is 0 Å². The first-order valence-corrected chi connectivity index (χ1v) is 6.45. The van der Waals surface area contributed by atoms with Gasteiger partial charge in [0.25, 0.3) is 5.91 Å². The van der Waals surface area contributed by atoms with Crippen LogP contribution in [0.5, 0.6) is 0 Å². The molecule has 0 spiro atoms. The third kappa shape index (κ3) is 2.51. The van der Waals surface area contributed by atoms with Gasteiger partial charge in [0.05, 0.1) is 11.2 Å². The Kier molecular flexibility index (Phi) is 3.19. The van der Waals surface area contributed by atoms with Gasteiger partial charge in [0.1, 0.15) is 5.92 Å². The fraction of sp³-hybridized carbons (Fsp3) is 0.286. The maximum absolute atomic E-state index is 12.7. The van der Waals surface area contributed by atoms with Crippen molar-refractivity contribution < 1.29 is 18.0 Å². The Hall–Kier alpha value is -2.31. The lowest BCUT2D eigenvalue weighted by Gasteiger charge is -2.20. The maximum atomic E-state index is 12.7. The van der Waals surface area contributed by atoms with Crippen LogP contribution in [-0.2, 0) is 4.79 Å². The van der Waals surface area contributed by atoms with Gasteiger partial charge in [-0.15, -0.1) is 0 Å². The number of anilines is 1. The summed E-state index contributed by atoms with van der Waals surface area (Å²) >= 11 is 0. The zero-order valence-corrected chi connectivity index (χ0v) is 10.9. The van der Waals surface area contributed by atoms with E-state index in [0.717, 1.165) is 10.4 Å². The molecule has 1 unspecified atom stereocenters. The Morgan fingerprint density at radius 2 is 2.00 bits per heavy atom. The van der Waals surface area contributed by atoms with Crippen molar-refractivity contribution in [3.05, 3.63) is 36.5 Å². The first-order valence-electron chi connectivity index (χ1n) is 6.45. The van der Waals surface area contributed by atoms with Gasteiger partial charge in [0, 0.05) is 18.1 Å². The van der Waals surface area contributed by atoms with Gasteiger partial charge in [-0.1, -0.05) is 18.2 Å². The molecule has 1 amide bonds. The number of benzene rings is 1. The number of alkyl halides is 3. The molecule has 1 aromatic carbocycles. The van der Waals surface area contributed by atoms with Crippen LogP contribution in [0.3, 0.4) is 0 Å². The highest BCUT2D eigenvalue weighted by molar-refractivity contribution is 5.92. The van der Waals surface area contributed by atoms with Gasteiger partial charge in [-0.25, -0.2) is 0 Å². The summed E-state index contributed by atoms with van der Waals surface area (Å²) in [5.41, 5.74) is 4.06. The zero-order valence-electron chi connectivity index (χ0n) is 10.9. The highest BCUT2D eigenvalue weighted by atomic mass is 19.4. The predicted molar refractivity (Wildman–Crippen MR) is 71.2 cm³/mol. The summed E-state index contributed by atoms with van der Waals surface area (Å²) in [6.45, 7) is 0.0274. The molecular weight excluding hydrogens is 283 g/mol. The summed E-state index contributed by atoms with van der Waals surface area (Å²) in [5.74, 6) is -2.86. The molecule has 110 valence electrons. The van der Waals surface area contributed by atoms with Crippen molar-refractivity contribution in [1.82, 2.24) is 9.99 Å². The second-order valence-corrected chi connectivity index (χ2v) is 4.86. The molecule has 1 atom stereocenters. The largest absolute Gasteiger partial charge is 0.400 e. The van der Waals surface area contributed by atoms with Gasteiger partial charge >= 0.3 is 6.18 Å². The SMILES string of the molecule is O=C1C(C(F)(F)F)CCN1Nc1ccnc2ccccc12. The molecule has 2 aromatic rings. The van der Waals surface area contributed by atoms with Crippen LogP contribution in [0.25, 0.3) is 10.9 Å². The van der Waals surface area contributed by atoms with E-state index in [2.05, 4.69) is 10.4 Å². The molecule has 3 rings (SSSR count). The molecule has 1 fully saturated rings. The first kappa shape index (κ1) is 13.7. The number of nitrogens with zero attached hydrogens (tertiary/aromatic N) is 2. The van der Waals surface area contributed by atoms with E-state index in [-0.39, 0.29) is 13.0 Å². The summed E-state index contributed by atoms with van der Waals surface area (Å²) in [6, 6.07) is 8.85. The Morgan fingerprint density at radius 1 is 1.24 bits per heavy atom. The second-order valence-electron chi connectivity index (χ2n) is 4.86. The number of rotatable bonds is 2. The van der Waals surface area contributed by atoms with Gasteiger partial charge < -0.3 is 0 Å². The molecule has 0 aliphatic carbocycles. The molecule has 0 radical (unpaired) electrons. The van der Waals surface area contributed by atoms with Crippen LogP contribution in [0.2, 0.25) is 0 Å². The van der Waals surface area contributed by atoms with Crippen LogP contribution in [-0.4, -0.2) is 28.6 Å². The maximum Gasteiger partial charge on any atom is 0.400 e. The average Bonchev–Trinajstić information content (AvgIpc) is 2.81. The average molecular weight is 295 g/mol. The lowest BCUT2D eigenvalue weighted by Crippen LogP contribution is -2.37. The number of aromatic nitrogens is 1. The first-order chi connectivity index (χ1) is 9.97. The molecule has 0 saturated carbocycles. The normalized spacial score (nSPS) is 19.3. The van der Waals surface area contributed by atoms with Gasteiger partial charge in [-0.2, -0.15) is 13.2 Å². The number of hydrogen-bond acceptors (Lipinski definition) is 3. The summed E-state index contributed by atoms with van der Waals surface area (Å²) in [5, 5.41) is 1.78. The van der Waals surface area contributed by atoms with E-state index in [9.17, 15) is 18.0 Å². The van der Waals surface area contributed by atoms with Gasteiger partial charge in [-0.05, 0) is 18.6 Å². The van der Waals surface area contributed by atoms with Crippen LogP contribution in [0.1, 0.15) is 6.42 Å². The molecule has 0 bridgehead atoms. The predicted octanol–water partition coefficient (Wildman–Crippen LogP) is 2.97. The molecule has 1 saturated heterocycles. The van der Waals surface area contributed by atoms with E-state index in [1.54, 1.807) is 30.5 Å². The number of pyridine rings is 1. The molecule has 1 aliphatic rings. The monoisotopic (exact) mass is 295 g/mol. The Labute approximate surface area is 118 Å². The lowest BCUT2D eigenvalue weighted by molar-refractivity contribution is -0.180. The Morgan fingerprint density at radius 3 is 2.71 bits per heavy atom. The fourth-order valence-electron chi connectivity index (χ4n) is 2.43. The van der Waals surface area contributed by atoms with E-state index in [1.165, 1.54) is 0 Å². The van der Waals surface area contributed by atoms with E-state index >= 15 is 0 Å². The van der Waals surface area contributed by atoms with Crippen molar-refractivity contribution in [2.45, 2.75) is 12.6 Å². The molecule has 2 heterocycles. The molecule has 1 N–H and O–H groups in total.